The molecule has 0 bridgehead atoms. The zero-order valence-corrected chi connectivity index (χ0v) is 25.7. The lowest BCUT2D eigenvalue weighted by Gasteiger charge is -2.16. The number of hydrogen-bond acceptors (Lipinski definition) is 3. The molecule has 48 heavy (non-hydrogen) atoms. The maximum Gasteiger partial charge on any atom is 0.236 e. The van der Waals surface area contributed by atoms with Crippen LogP contribution >= 0.6 is 0 Å². The van der Waals surface area contributed by atoms with Gasteiger partial charge in [-0.3, -0.25) is 4.57 Å². The first kappa shape index (κ1) is 25.6. The molecule has 0 aliphatic carbocycles. The fourth-order valence-electron chi connectivity index (χ4n) is 8.01. The molecule has 0 aliphatic rings. The van der Waals surface area contributed by atoms with Gasteiger partial charge in [0.1, 0.15) is 16.8 Å². The molecule has 0 unspecified atom stereocenters. The molecule has 4 heteroatoms. The van der Waals surface area contributed by atoms with Crippen molar-refractivity contribution in [3.63, 3.8) is 0 Å². The molecule has 3 aromatic heterocycles. The number of hydrogen-bond donors (Lipinski definition) is 0. The predicted octanol–water partition coefficient (Wildman–Crippen LogP) is 11.8. The highest BCUT2D eigenvalue weighted by Gasteiger charge is 2.25. The summed E-state index contributed by atoms with van der Waals surface area (Å²) in [4.78, 5) is 10.7. The molecule has 0 N–H and O–H groups in total. The smallest absolute Gasteiger partial charge is 0.236 e. The summed E-state index contributed by atoms with van der Waals surface area (Å²) < 4.78 is 8.75. The van der Waals surface area contributed by atoms with Gasteiger partial charge in [-0.05, 0) is 50.5 Å². The molecule has 222 valence electrons. The van der Waals surface area contributed by atoms with Crippen LogP contribution in [0, 0.1) is 0 Å². The van der Waals surface area contributed by atoms with Crippen LogP contribution in [0.2, 0.25) is 0 Å². The number of furan rings is 1. The molecule has 3 heterocycles. The number of nitrogens with zero attached hydrogens (tertiary/aromatic N) is 3. The molecule has 11 aromatic rings. The first-order valence-corrected chi connectivity index (χ1v) is 16.3. The Bertz CT molecular complexity index is 3120. The second-order valence-corrected chi connectivity index (χ2v) is 12.5. The van der Waals surface area contributed by atoms with Crippen LogP contribution < -0.4 is 0 Å². The van der Waals surface area contributed by atoms with Crippen LogP contribution in [-0.4, -0.2) is 14.5 Å². The van der Waals surface area contributed by atoms with E-state index in [-0.39, 0.29) is 0 Å². The van der Waals surface area contributed by atoms with Crippen LogP contribution in [0.4, 0.5) is 0 Å². The standard InChI is InChI=1S/C44H25N3O/c1-2-14-26(15-3-1)40-43-41(34-23-11-13-25-36(34)48-43)46-44(45-40)47-35-24-12-10-22-33(35)39-38-30-19-7-5-17-28(30)27-16-4-6-18-29(27)37(38)31-20-8-9-21-32(31)42(39)47/h1-25H. The van der Waals surface area contributed by atoms with Crippen molar-refractivity contribution in [2.24, 2.45) is 0 Å². The van der Waals surface area contributed by atoms with Crippen LogP contribution in [0.15, 0.2) is 156 Å². The Morgan fingerprint density at radius 3 is 1.69 bits per heavy atom. The number of aromatic nitrogens is 3. The van der Waals surface area contributed by atoms with E-state index in [1.807, 2.05) is 36.4 Å². The lowest BCUT2D eigenvalue weighted by Crippen LogP contribution is -2.03. The minimum Gasteiger partial charge on any atom is -0.452 e. The van der Waals surface area contributed by atoms with Gasteiger partial charge in [0.2, 0.25) is 5.95 Å². The SMILES string of the molecule is c1ccc(-c2nc(-n3c4ccccc4c4c5c6ccccc6c6ccccc6c5c5ccccc5c43)nc3c2oc2ccccc23)cc1. The summed E-state index contributed by atoms with van der Waals surface area (Å²) in [6, 6.07) is 53.6. The van der Waals surface area contributed by atoms with Gasteiger partial charge in [-0.1, -0.05) is 133 Å². The second-order valence-electron chi connectivity index (χ2n) is 12.5. The molecule has 0 saturated carbocycles. The van der Waals surface area contributed by atoms with Crippen molar-refractivity contribution in [1.82, 2.24) is 14.5 Å². The predicted molar refractivity (Wildman–Crippen MR) is 199 cm³/mol. The van der Waals surface area contributed by atoms with E-state index in [1.54, 1.807) is 0 Å². The summed E-state index contributed by atoms with van der Waals surface area (Å²) in [7, 11) is 0. The summed E-state index contributed by atoms with van der Waals surface area (Å²) in [5.41, 5.74) is 6.23. The van der Waals surface area contributed by atoms with Crippen molar-refractivity contribution < 1.29 is 4.42 Å². The van der Waals surface area contributed by atoms with Gasteiger partial charge in [0.15, 0.2) is 5.58 Å². The average molecular weight is 612 g/mol. The molecule has 4 nitrogen and oxygen atoms in total. The summed E-state index contributed by atoms with van der Waals surface area (Å²) >= 11 is 0. The normalized spacial score (nSPS) is 12.2. The second kappa shape index (κ2) is 9.50. The fraction of sp³-hybridized carbons (Fsp3) is 0. The third kappa shape index (κ3) is 3.33. The lowest BCUT2D eigenvalue weighted by atomic mass is 9.88. The van der Waals surface area contributed by atoms with Crippen LogP contribution in [0.1, 0.15) is 0 Å². The van der Waals surface area contributed by atoms with E-state index in [0.717, 1.165) is 38.8 Å². The van der Waals surface area contributed by atoms with Crippen molar-refractivity contribution in [2.45, 2.75) is 0 Å². The van der Waals surface area contributed by atoms with Gasteiger partial charge in [-0.15, -0.1) is 0 Å². The van der Waals surface area contributed by atoms with E-state index in [9.17, 15) is 0 Å². The Labute approximate surface area is 274 Å². The summed E-state index contributed by atoms with van der Waals surface area (Å²) in [6.07, 6.45) is 0. The van der Waals surface area contributed by atoms with Crippen molar-refractivity contribution in [3.05, 3.63) is 152 Å². The topological polar surface area (TPSA) is 43.9 Å². The van der Waals surface area contributed by atoms with Crippen molar-refractivity contribution in [2.75, 3.05) is 0 Å². The van der Waals surface area contributed by atoms with Gasteiger partial charge < -0.3 is 4.42 Å². The highest BCUT2D eigenvalue weighted by atomic mass is 16.3. The largest absolute Gasteiger partial charge is 0.452 e. The Kier molecular flexibility index (Phi) is 5.08. The minimum absolute atomic E-state index is 0.619. The minimum atomic E-state index is 0.619. The van der Waals surface area contributed by atoms with Crippen LogP contribution in [0.5, 0.6) is 0 Å². The Morgan fingerprint density at radius 2 is 0.958 bits per heavy atom. The molecule has 0 aliphatic heterocycles. The van der Waals surface area contributed by atoms with Gasteiger partial charge in [0.05, 0.1) is 11.0 Å². The maximum absolute atomic E-state index is 6.47. The zero-order chi connectivity index (χ0) is 31.3. The number of para-hydroxylation sites is 2. The van der Waals surface area contributed by atoms with Crippen molar-refractivity contribution in [3.8, 4) is 17.2 Å². The van der Waals surface area contributed by atoms with Crippen LogP contribution in [-0.2, 0) is 0 Å². The maximum atomic E-state index is 6.47. The third-order valence-electron chi connectivity index (χ3n) is 9.96. The van der Waals surface area contributed by atoms with Gasteiger partial charge in [-0.25, -0.2) is 9.97 Å². The molecule has 0 fully saturated rings. The highest BCUT2D eigenvalue weighted by Crippen LogP contribution is 2.47. The molecule has 11 rings (SSSR count). The van der Waals surface area contributed by atoms with Crippen molar-refractivity contribution in [1.29, 1.82) is 0 Å². The van der Waals surface area contributed by atoms with E-state index < -0.39 is 0 Å². The van der Waals surface area contributed by atoms with Crippen molar-refractivity contribution >= 4 is 87.0 Å². The van der Waals surface area contributed by atoms with E-state index in [0.29, 0.717) is 11.5 Å². The van der Waals surface area contributed by atoms with Crippen LogP contribution in [0.3, 0.4) is 0 Å². The lowest BCUT2D eigenvalue weighted by molar-refractivity contribution is 0.666. The first-order valence-electron chi connectivity index (χ1n) is 16.3. The Morgan fingerprint density at radius 1 is 0.417 bits per heavy atom. The van der Waals surface area contributed by atoms with Gasteiger partial charge >= 0.3 is 0 Å². The zero-order valence-electron chi connectivity index (χ0n) is 25.7. The molecule has 0 radical (unpaired) electrons. The molecule has 0 amide bonds. The Hall–Kier alpha value is -6.52. The van der Waals surface area contributed by atoms with Gasteiger partial charge in [0, 0.05) is 32.5 Å². The molecule has 0 saturated heterocycles. The highest BCUT2D eigenvalue weighted by molar-refractivity contribution is 6.42. The number of rotatable bonds is 2. The number of benzene rings is 8. The average Bonchev–Trinajstić information content (AvgIpc) is 3.71. The monoisotopic (exact) mass is 611 g/mol. The van der Waals surface area contributed by atoms with Gasteiger partial charge in [0.25, 0.3) is 0 Å². The van der Waals surface area contributed by atoms with E-state index in [1.165, 1.54) is 53.9 Å². The summed E-state index contributed by atoms with van der Waals surface area (Å²) in [5, 5.41) is 13.3. The molecule has 0 atom stereocenters. The van der Waals surface area contributed by atoms with Gasteiger partial charge in [-0.2, -0.15) is 0 Å². The molecule has 0 spiro atoms. The molecular weight excluding hydrogens is 587 g/mol. The molecule has 8 aromatic carbocycles. The molecular formula is C44H25N3O. The van der Waals surface area contributed by atoms with E-state index >= 15 is 0 Å². The third-order valence-corrected chi connectivity index (χ3v) is 9.96. The quantitative estimate of drug-likeness (QED) is 0.183. The number of fused-ring (bicyclic) bond motifs is 16. The van der Waals surface area contributed by atoms with E-state index in [2.05, 4.69) is 120 Å². The first-order chi connectivity index (χ1) is 23.8. The van der Waals surface area contributed by atoms with Crippen LogP contribution in [0.25, 0.3) is 104 Å². The fourth-order valence-corrected chi connectivity index (χ4v) is 8.01. The summed E-state index contributed by atoms with van der Waals surface area (Å²) in [5.74, 6) is 0.619. The summed E-state index contributed by atoms with van der Waals surface area (Å²) in [6.45, 7) is 0. The van der Waals surface area contributed by atoms with E-state index in [4.69, 9.17) is 14.4 Å². The Balaban J connectivity index is 1.42.